The summed E-state index contributed by atoms with van der Waals surface area (Å²) in [6.45, 7) is 5.65. The molecule has 1 atom stereocenters. The lowest BCUT2D eigenvalue weighted by Gasteiger charge is -2.18. The van der Waals surface area contributed by atoms with Crippen LogP contribution < -0.4 is 10.1 Å². The largest absolute Gasteiger partial charge is 0.494 e. The van der Waals surface area contributed by atoms with Crippen LogP contribution in [0.1, 0.15) is 31.1 Å². The van der Waals surface area contributed by atoms with Crippen LogP contribution in [0.15, 0.2) is 47.1 Å². The van der Waals surface area contributed by atoms with Crippen LogP contribution >= 0.6 is 15.9 Å². The van der Waals surface area contributed by atoms with Crippen molar-refractivity contribution in [1.82, 2.24) is 10.3 Å². The Kier molecular flexibility index (Phi) is 5.56. The Balaban J connectivity index is 2.25. The van der Waals surface area contributed by atoms with Crippen LogP contribution in [0.4, 0.5) is 0 Å². The fraction of sp³-hybridized carbons (Fsp3) is 0.312. The number of nitrogens with zero attached hydrogens (tertiary/aromatic N) is 1. The van der Waals surface area contributed by atoms with Gasteiger partial charge in [-0.3, -0.25) is 4.98 Å². The molecule has 2 aromatic rings. The van der Waals surface area contributed by atoms with Crippen molar-refractivity contribution < 1.29 is 4.74 Å². The third-order valence-electron chi connectivity index (χ3n) is 2.98. The normalized spacial score (nSPS) is 12.2. The Morgan fingerprint density at radius 2 is 1.90 bits per heavy atom. The first-order valence-electron chi connectivity index (χ1n) is 6.82. The smallest absolute Gasteiger partial charge is 0.119 e. The van der Waals surface area contributed by atoms with E-state index >= 15 is 0 Å². The van der Waals surface area contributed by atoms with Crippen LogP contribution in [0.5, 0.6) is 5.75 Å². The van der Waals surface area contributed by atoms with Gasteiger partial charge in [-0.2, -0.15) is 0 Å². The van der Waals surface area contributed by atoms with Gasteiger partial charge < -0.3 is 10.1 Å². The zero-order valence-corrected chi connectivity index (χ0v) is 13.4. The van der Waals surface area contributed by atoms with Gasteiger partial charge in [-0.25, -0.2) is 0 Å². The maximum atomic E-state index is 5.48. The van der Waals surface area contributed by atoms with E-state index in [2.05, 4.69) is 45.3 Å². The highest BCUT2D eigenvalue weighted by molar-refractivity contribution is 9.10. The molecule has 4 heteroatoms. The van der Waals surface area contributed by atoms with Gasteiger partial charge in [-0.15, -0.1) is 0 Å². The molecule has 0 fully saturated rings. The topological polar surface area (TPSA) is 34.1 Å². The molecule has 0 bridgehead atoms. The van der Waals surface area contributed by atoms with Gasteiger partial charge in [0.2, 0.25) is 0 Å². The summed E-state index contributed by atoms with van der Waals surface area (Å²) in [5.41, 5.74) is 2.20. The fourth-order valence-corrected chi connectivity index (χ4v) is 2.31. The molecule has 0 aliphatic heterocycles. The number of aromatic nitrogens is 1. The van der Waals surface area contributed by atoms with Gasteiger partial charge in [0.1, 0.15) is 5.75 Å². The molecule has 1 aromatic carbocycles. The van der Waals surface area contributed by atoms with E-state index in [0.29, 0.717) is 6.61 Å². The first-order valence-corrected chi connectivity index (χ1v) is 7.61. The molecule has 2 rings (SSSR count). The summed E-state index contributed by atoms with van der Waals surface area (Å²) in [4.78, 5) is 4.49. The summed E-state index contributed by atoms with van der Waals surface area (Å²) in [6, 6.07) is 12.3. The molecule has 0 saturated heterocycles. The number of benzene rings is 1. The number of nitrogens with one attached hydrogen (secondary N) is 1. The zero-order chi connectivity index (χ0) is 14.4. The molecular formula is C16H19BrN2O. The van der Waals surface area contributed by atoms with Gasteiger partial charge in [0.05, 0.1) is 18.3 Å². The highest BCUT2D eigenvalue weighted by Crippen LogP contribution is 2.23. The number of rotatable bonds is 6. The van der Waals surface area contributed by atoms with Crippen LogP contribution in [0.25, 0.3) is 0 Å². The van der Waals surface area contributed by atoms with Crippen LogP contribution in [-0.2, 0) is 0 Å². The number of halogens is 1. The van der Waals surface area contributed by atoms with E-state index in [9.17, 15) is 0 Å². The molecule has 0 saturated carbocycles. The van der Waals surface area contributed by atoms with E-state index < -0.39 is 0 Å². The van der Waals surface area contributed by atoms with Crippen LogP contribution in [-0.4, -0.2) is 18.1 Å². The first-order chi connectivity index (χ1) is 9.74. The maximum Gasteiger partial charge on any atom is 0.119 e. The number of hydrogen-bond acceptors (Lipinski definition) is 3. The second kappa shape index (κ2) is 7.41. The summed E-state index contributed by atoms with van der Waals surface area (Å²) >= 11 is 3.42. The molecule has 0 amide bonds. The first kappa shape index (κ1) is 15.0. The lowest BCUT2D eigenvalue weighted by Crippen LogP contribution is -2.22. The third kappa shape index (κ3) is 3.81. The van der Waals surface area contributed by atoms with Gasteiger partial charge >= 0.3 is 0 Å². The molecule has 0 aliphatic carbocycles. The average molecular weight is 335 g/mol. The molecule has 0 spiro atoms. The highest BCUT2D eigenvalue weighted by Gasteiger charge is 2.14. The van der Waals surface area contributed by atoms with Gasteiger partial charge in [0.25, 0.3) is 0 Å². The average Bonchev–Trinajstić information content (AvgIpc) is 2.47. The zero-order valence-electron chi connectivity index (χ0n) is 11.8. The van der Waals surface area contributed by atoms with Gasteiger partial charge in [0.15, 0.2) is 0 Å². The Morgan fingerprint density at radius 3 is 2.45 bits per heavy atom. The summed E-state index contributed by atoms with van der Waals surface area (Å²) in [7, 11) is 0. The lowest BCUT2D eigenvalue weighted by molar-refractivity contribution is 0.340. The molecule has 1 heterocycles. The maximum absolute atomic E-state index is 5.48. The second-order valence-corrected chi connectivity index (χ2v) is 5.31. The minimum Gasteiger partial charge on any atom is -0.494 e. The van der Waals surface area contributed by atoms with Crippen LogP contribution in [0.3, 0.4) is 0 Å². The van der Waals surface area contributed by atoms with Crippen LogP contribution in [0, 0.1) is 0 Å². The predicted octanol–water partition coefficient (Wildman–Crippen LogP) is 3.94. The summed E-state index contributed by atoms with van der Waals surface area (Å²) < 4.78 is 6.47. The Hall–Kier alpha value is -1.39. The molecule has 3 nitrogen and oxygen atoms in total. The molecule has 0 radical (unpaired) electrons. The summed E-state index contributed by atoms with van der Waals surface area (Å²) in [6.07, 6.45) is 1.83. The Morgan fingerprint density at radius 1 is 1.15 bits per heavy atom. The minimum atomic E-state index is 0.101. The third-order valence-corrected chi connectivity index (χ3v) is 3.45. The van der Waals surface area contributed by atoms with Crippen molar-refractivity contribution in [3.8, 4) is 5.75 Å². The Bertz CT molecular complexity index is 525. The van der Waals surface area contributed by atoms with Crippen LogP contribution in [0.2, 0.25) is 0 Å². The van der Waals surface area contributed by atoms with Crippen molar-refractivity contribution in [2.24, 2.45) is 0 Å². The van der Waals surface area contributed by atoms with E-state index in [1.807, 2.05) is 37.4 Å². The molecule has 20 heavy (non-hydrogen) atoms. The summed E-state index contributed by atoms with van der Waals surface area (Å²) in [5, 5.41) is 3.47. The van der Waals surface area contributed by atoms with E-state index in [1.165, 1.54) is 5.56 Å². The number of pyridine rings is 1. The van der Waals surface area contributed by atoms with E-state index in [-0.39, 0.29) is 6.04 Å². The van der Waals surface area contributed by atoms with Gasteiger partial charge in [-0.1, -0.05) is 19.1 Å². The lowest BCUT2D eigenvalue weighted by atomic mass is 10.0. The molecular weight excluding hydrogens is 316 g/mol. The minimum absolute atomic E-state index is 0.101. The molecule has 1 N–H and O–H groups in total. The molecule has 1 unspecified atom stereocenters. The SMILES string of the molecule is CCNC(c1ccc(OCC)cc1)c1ccc(Br)cn1. The van der Waals surface area contributed by atoms with E-state index in [1.54, 1.807) is 0 Å². The molecule has 0 aliphatic rings. The molecule has 106 valence electrons. The van der Waals surface area contributed by atoms with Crippen molar-refractivity contribution in [2.45, 2.75) is 19.9 Å². The quantitative estimate of drug-likeness (QED) is 0.868. The monoisotopic (exact) mass is 334 g/mol. The van der Waals surface area contributed by atoms with Crippen molar-refractivity contribution >= 4 is 15.9 Å². The van der Waals surface area contributed by atoms with Crippen molar-refractivity contribution in [3.63, 3.8) is 0 Å². The summed E-state index contributed by atoms with van der Waals surface area (Å²) in [5.74, 6) is 0.898. The number of ether oxygens (including phenoxy) is 1. The van der Waals surface area contributed by atoms with E-state index in [0.717, 1.165) is 22.5 Å². The predicted molar refractivity (Wildman–Crippen MR) is 85.1 cm³/mol. The van der Waals surface area contributed by atoms with Crippen molar-refractivity contribution in [3.05, 3.63) is 58.3 Å². The van der Waals surface area contributed by atoms with Gasteiger partial charge in [-0.05, 0) is 59.2 Å². The van der Waals surface area contributed by atoms with E-state index in [4.69, 9.17) is 4.74 Å². The second-order valence-electron chi connectivity index (χ2n) is 4.39. The van der Waals surface area contributed by atoms with Crippen molar-refractivity contribution in [2.75, 3.05) is 13.2 Å². The van der Waals surface area contributed by atoms with Crippen molar-refractivity contribution in [1.29, 1.82) is 0 Å². The standard InChI is InChI=1S/C16H19BrN2O/c1-3-18-16(15-10-7-13(17)11-19-15)12-5-8-14(9-6-12)20-4-2/h5-11,16,18H,3-4H2,1-2H3. The Labute approximate surface area is 128 Å². The van der Waals surface area contributed by atoms with Gasteiger partial charge in [0, 0.05) is 10.7 Å². The molecule has 1 aromatic heterocycles. The highest BCUT2D eigenvalue weighted by atomic mass is 79.9. The fourth-order valence-electron chi connectivity index (χ4n) is 2.08. The number of hydrogen-bond donors (Lipinski definition) is 1.